The highest BCUT2D eigenvalue weighted by molar-refractivity contribution is 6.31. The molecule has 0 atom stereocenters. The molecule has 3 heterocycles. The number of pyridine rings is 1. The van der Waals surface area contributed by atoms with Gasteiger partial charge in [-0.3, -0.25) is 9.47 Å². The van der Waals surface area contributed by atoms with Gasteiger partial charge in [0.1, 0.15) is 17.0 Å². The van der Waals surface area contributed by atoms with Crippen molar-refractivity contribution in [1.29, 1.82) is 5.26 Å². The fourth-order valence-electron chi connectivity index (χ4n) is 4.65. The molecule has 2 aromatic carbocycles. The molecule has 0 fully saturated rings. The lowest BCUT2D eigenvalue weighted by atomic mass is 10.0. The van der Waals surface area contributed by atoms with Gasteiger partial charge in [0, 0.05) is 54.9 Å². The van der Waals surface area contributed by atoms with E-state index in [1.54, 1.807) is 29.0 Å². The topological polar surface area (TPSA) is 74.0 Å². The zero-order valence-corrected chi connectivity index (χ0v) is 21.2. The SMILES string of the molecule is N#Cc1ccc(C=CCN2CCc3c(c4cc(Cl)ccc4n3C(=O)NCc3ccnc(Cl)c3)C2)cc1F. The molecule has 1 aliphatic heterocycles. The number of halogens is 3. The third-order valence-corrected chi connectivity index (χ3v) is 6.86. The van der Waals surface area contributed by atoms with E-state index in [2.05, 4.69) is 15.2 Å². The van der Waals surface area contributed by atoms with Crippen LogP contribution in [0.4, 0.5) is 9.18 Å². The average Bonchev–Trinajstić information content (AvgIpc) is 3.20. The molecule has 0 saturated heterocycles. The van der Waals surface area contributed by atoms with E-state index in [4.69, 9.17) is 28.5 Å². The van der Waals surface area contributed by atoms with E-state index in [9.17, 15) is 9.18 Å². The molecule has 1 aliphatic rings. The molecule has 4 aromatic rings. The van der Waals surface area contributed by atoms with Crippen LogP contribution in [-0.2, 0) is 19.5 Å². The molecule has 0 aliphatic carbocycles. The van der Waals surface area contributed by atoms with Crippen molar-refractivity contribution in [2.75, 3.05) is 13.1 Å². The zero-order chi connectivity index (χ0) is 25.9. The van der Waals surface area contributed by atoms with Gasteiger partial charge in [0.2, 0.25) is 0 Å². The number of benzene rings is 2. The van der Waals surface area contributed by atoms with E-state index >= 15 is 0 Å². The summed E-state index contributed by atoms with van der Waals surface area (Å²) in [5.74, 6) is -0.526. The highest BCUT2D eigenvalue weighted by Crippen LogP contribution is 2.32. The molecular weight excluding hydrogens is 512 g/mol. The van der Waals surface area contributed by atoms with Crippen LogP contribution in [0.25, 0.3) is 17.0 Å². The second-order valence-corrected chi connectivity index (χ2v) is 9.63. The minimum absolute atomic E-state index is 0.0318. The summed E-state index contributed by atoms with van der Waals surface area (Å²) in [5.41, 5.74) is 4.45. The highest BCUT2D eigenvalue weighted by Gasteiger charge is 2.26. The number of nitrogens with zero attached hydrogens (tertiary/aromatic N) is 4. The predicted octanol–water partition coefficient (Wildman–Crippen LogP) is 6.18. The summed E-state index contributed by atoms with van der Waals surface area (Å²) in [6.07, 6.45) is 6.12. The van der Waals surface area contributed by atoms with Crippen molar-refractivity contribution in [3.63, 3.8) is 0 Å². The van der Waals surface area contributed by atoms with Crippen LogP contribution in [0.15, 0.2) is 60.8 Å². The summed E-state index contributed by atoms with van der Waals surface area (Å²) in [4.78, 5) is 19.6. The van der Waals surface area contributed by atoms with Crippen LogP contribution in [0.1, 0.15) is 27.9 Å². The number of amides is 1. The molecule has 0 bridgehead atoms. The number of hydrogen-bond donors (Lipinski definition) is 1. The van der Waals surface area contributed by atoms with Gasteiger partial charge >= 0.3 is 6.03 Å². The Labute approximate surface area is 223 Å². The van der Waals surface area contributed by atoms with E-state index in [-0.39, 0.29) is 11.6 Å². The van der Waals surface area contributed by atoms with Gasteiger partial charge in [0.05, 0.1) is 11.1 Å². The van der Waals surface area contributed by atoms with Crippen LogP contribution in [0.3, 0.4) is 0 Å². The number of nitriles is 1. The van der Waals surface area contributed by atoms with Crippen LogP contribution in [-0.4, -0.2) is 33.6 Å². The van der Waals surface area contributed by atoms with E-state index in [0.717, 1.165) is 34.3 Å². The van der Waals surface area contributed by atoms with E-state index in [1.807, 2.05) is 36.4 Å². The molecule has 1 N–H and O–H groups in total. The second kappa shape index (κ2) is 10.7. The van der Waals surface area contributed by atoms with Gasteiger partial charge in [0.25, 0.3) is 0 Å². The Hall–Kier alpha value is -3.70. The lowest BCUT2D eigenvalue weighted by molar-refractivity contribution is 0.240. The summed E-state index contributed by atoms with van der Waals surface area (Å²) < 4.78 is 15.6. The number of hydrogen-bond acceptors (Lipinski definition) is 4. The van der Waals surface area contributed by atoms with Crippen molar-refractivity contribution in [1.82, 2.24) is 19.8 Å². The molecule has 1 amide bonds. The Morgan fingerprint density at radius 3 is 2.84 bits per heavy atom. The lowest BCUT2D eigenvalue weighted by Crippen LogP contribution is -2.34. The van der Waals surface area contributed by atoms with Gasteiger partial charge in [-0.1, -0.05) is 41.4 Å². The van der Waals surface area contributed by atoms with Crippen LogP contribution in [0.5, 0.6) is 0 Å². The second-order valence-electron chi connectivity index (χ2n) is 8.81. The van der Waals surface area contributed by atoms with Crippen LogP contribution >= 0.6 is 23.2 Å². The Morgan fingerprint density at radius 2 is 2.05 bits per heavy atom. The molecule has 9 heteroatoms. The molecule has 37 heavy (non-hydrogen) atoms. The molecule has 0 radical (unpaired) electrons. The minimum atomic E-state index is -0.526. The Balaban J connectivity index is 1.35. The van der Waals surface area contributed by atoms with Gasteiger partial charge in [-0.05, 0) is 59.2 Å². The Morgan fingerprint density at radius 1 is 1.19 bits per heavy atom. The van der Waals surface area contributed by atoms with Crippen LogP contribution in [0.2, 0.25) is 10.2 Å². The quantitative estimate of drug-likeness (QED) is 0.310. The lowest BCUT2D eigenvalue weighted by Gasteiger charge is -2.27. The van der Waals surface area contributed by atoms with Crippen molar-refractivity contribution < 1.29 is 9.18 Å². The first-order valence-corrected chi connectivity index (χ1v) is 12.5. The van der Waals surface area contributed by atoms with E-state index in [0.29, 0.717) is 41.8 Å². The summed E-state index contributed by atoms with van der Waals surface area (Å²) in [7, 11) is 0. The average molecular weight is 534 g/mol. The van der Waals surface area contributed by atoms with Crippen molar-refractivity contribution in [3.05, 3.63) is 105 Å². The number of aromatic nitrogens is 2. The third-order valence-electron chi connectivity index (χ3n) is 6.41. The van der Waals surface area contributed by atoms with Gasteiger partial charge in [-0.25, -0.2) is 14.2 Å². The summed E-state index contributed by atoms with van der Waals surface area (Å²) in [6.45, 7) is 2.40. The highest BCUT2D eigenvalue weighted by atomic mass is 35.5. The first-order valence-electron chi connectivity index (χ1n) is 11.7. The maximum atomic E-state index is 13.9. The number of rotatable bonds is 5. The smallest absolute Gasteiger partial charge is 0.326 e. The maximum Gasteiger partial charge on any atom is 0.326 e. The summed E-state index contributed by atoms with van der Waals surface area (Å²) in [6, 6.07) is 15.3. The van der Waals surface area contributed by atoms with E-state index in [1.165, 1.54) is 12.1 Å². The molecule has 5 rings (SSSR count). The molecule has 0 spiro atoms. The van der Waals surface area contributed by atoms with Crippen LogP contribution in [0, 0.1) is 17.1 Å². The van der Waals surface area contributed by atoms with Gasteiger partial charge in [-0.2, -0.15) is 5.26 Å². The Bertz CT molecular complexity index is 1570. The molecule has 186 valence electrons. The van der Waals surface area contributed by atoms with Gasteiger partial charge in [0.15, 0.2) is 0 Å². The van der Waals surface area contributed by atoms with Crippen molar-refractivity contribution in [2.45, 2.75) is 19.5 Å². The fraction of sp³-hybridized carbons (Fsp3) is 0.179. The zero-order valence-electron chi connectivity index (χ0n) is 19.7. The monoisotopic (exact) mass is 533 g/mol. The number of carbonyl (C=O) groups excluding carboxylic acids is 1. The molecule has 0 saturated carbocycles. The third kappa shape index (κ3) is 5.37. The van der Waals surface area contributed by atoms with Gasteiger partial charge in [-0.15, -0.1) is 0 Å². The Kier molecular flexibility index (Phi) is 7.24. The van der Waals surface area contributed by atoms with Crippen molar-refractivity contribution in [2.24, 2.45) is 0 Å². The minimum Gasteiger partial charge on any atom is -0.333 e. The maximum absolute atomic E-state index is 13.9. The van der Waals surface area contributed by atoms with Gasteiger partial charge < -0.3 is 5.32 Å². The summed E-state index contributed by atoms with van der Waals surface area (Å²) in [5, 5.41) is 13.8. The summed E-state index contributed by atoms with van der Waals surface area (Å²) >= 11 is 12.3. The molecular formula is C28H22Cl2FN5O. The fourth-order valence-corrected chi connectivity index (χ4v) is 5.02. The van der Waals surface area contributed by atoms with Crippen molar-refractivity contribution >= 4 is 46.2 Å². The first-order chi connectivity index (χ1) is 17.9. The normalized spacial score (nSPS) is 13.6. The first kappa shape index (κ1) is 25.0. The van der Waals surface area contributed by atoms with Crippen LogP contribution < -0.4 is 5.32 Å². The van der Waals surface area contributed by atoms with Crippen molar-refractivity contribution in [3.8, 4) is 6.07 Å². The number of carbonyl (C=O) groups is 1. The van der Waals surface area contributed by atoms with E-state index < -0.39 is 5.82 Å². The number of nitrogens with one attached hydrogen (secondary N) is 1. The molecule has 2 aromatic heterocycles. The molecule has 6 nitrogen and oxygen atoms in total. The predicted molar refractivity (Wildman–Crippen MR) is 143 cm³/mol. The standard InChI is InChI=1S/C28H22Cl2FN5O/c29-21-5-6-25-22(14-21)23-17-35(10-1-2-18-3-4-20(15-32)24(31)12-18)11-8-26(23)36(25)28(37)34-16-19-7-9-33-27(30)13-19/h1-7,9,12-14H,8,10-11,16-17H2,(H,34,37). The largest absolute Gasteiger partial charge is 0.333 e. The number of fused-ring (bicyclic) bond motifs is 3. The molecule has 0 unspecified atom stereocenters.